The van der Waals surface area contributed by atoms with Crippen LogP contribution in [0.5, 0.6) is 0 Å². The number of Topliss-reactive ketones (excluding diaryl/α,β-unsaturated/α-hetero) is 1. The van der Waals surface area contributed by atoms with Crippen molar-refractivity contribution in [3.8, 4) is 0 Å². The third-order valence-corrected chi connectivity index (χ3v) is 5.52. The molecule has 1 saturated heterocycles. The molecule has 0 atom stereocenters. The molecule has 1 heterocycles. The van der Waals surface area contributed by atoms with Crippen molar-refractivity contribution in [2.75, 3.05) is 37.6 Å². The van der Waals surface area contributed by atoms with Crippen LogP contribution in [0.15, 0.2) is 42.5 Å². The van der Waals surface area contributed by atoms with Crippen molar-refractivity contribution in [1.82, 2.24) is 10.2 Å². The molecular weight excluding hydrogens is 393 g/mol. The van der Waals surface area contributed by atoms with E-state index < -0.39 is 0 Å². The molecule has 5 nitrogen and oxygen atoms in total. The molecule has 1 aliphatic heterocycles. The summed E-state index contributed by atoms with van der Waals surface area (Å²) >= 11 is 6.10. The van der Waals surface area contributed by atoms with E-state index in [0.717, 1.165) is 18.7 Å². The van der Waals surface area contributed by atoms with Crippen molar-refractivity contribution < 1.29 is 14.0 Å². The Morgan fingerprint density at radius 2 is 1.83 bits per heavy atom. The van der Waals surface area contributed by atoms with Gasteiger partial charge in [-0.2, -0.15) is 0 Å². The van der Waals surface area contributed by atoms with E-state index in [-0.39, 0.29) is 17.5 Å². The predicted octanol–water partition coefficient (Wildman–Crippen LogP) is 3.51. The number of carbonyl (C=O) groups is 2. The fourth-order valence-corrected chi connectivity index (χ4v) is 3.58. The molecule has 1 aliphatic rings. The van der Waals surface area contributed by atoms with E-state index in [1.807, 2.05) is 23.1 Å². The molecule has 2 aromatic carbocycles. The number of piperazine rings is 1. The molecule has 2 aromatic rings. The summed E-state index contributed by atoms with van der Waals surface area (Å²) < 4.78 is 14.3. The van der Waals surface area contributed by atoms with Gasteiger partial charge in [-0.15, -0.1) is 0 Å². The minimum atomic E-state index is -0.370. The number of hydrogen-bond donors (Lipinski definition) is 1. The standard InChI is InChI=1S/C22H25ClFN3O2/c1-16(28)17-6-7-21(20(24)14-17)27-12-10-26(11-13-27)9-8-22(29)25-15-18-4-2-3-5-19(18)23/h2-7,14H,8-13,15H2,1H3,(H,25,29). The zero-order valence-electron chi connectivity index (χ0n) is 16.5. The molecular formula is C22H25ClFN3O2. The van der Waals surface area contributed by atoms with Gasteiger partial charge in [0.05, 0.1) is 5.69 Å². The van der Waals surface area contributed by atoms with Crippen molar-refractivity contribution in [1.29, 1.82) is 0 Å². The molecule has 1 N–H and O–H groups in total. The first-order chi connectivity index (χ1) is 13.9. The normalized spacial score (nSPS) is 14.7. The number of nitrogens with zero attached hydrogens (tertiary/aromatic N) is 2. The number of benzene rings is 2. The Labute approximate surface area is 175 Å². The van der Waals surface area contributed by atoms with Gasteiger partial charge in [-0.3, -0.25) is 14.5 Å². The van der Waals surface area contributed by atoms with Gasteiger partial charge in [-0.1, -0.05) is 29.8 Å². The summed E-state index contributed by atoms with van der Waals surface area (Å²) in [5, 5.41) is 3.54. The zero-order chi connectivity index (χ0) is 20.8. The Morgan fingerprint density at radius 3 is 2.48 bits per heavy atom. The molecule has 154 valence electrons. The fourth-order valence-electron chi connectivity index (χ4n) is 3.38. The number of halogens is 2. The summed E-state index contributed by atoms with van der Waals surface area (Å²) in [6.45, 7) is 5.38. The summed E-state index contributed by atoms with van der Waals surface area (Å²) in [6, 6.07) is 12.1. The monoisotopic (exact) mass is 417 g/mol. The van der Waals surface area contributed by atoms with E-state index in [2.05, 4.69) is 10.2 Å². The molecule has 0 saturated carbocycles. The maximum Gasteiger partial charge on any atom is 0.221 e. The van der Waals surface area contributed by atoms with Gasteiger partial charge >= 0.3 is 0 Å². The van der Waals surface area contributed by atoms with E-state index in [1.54, 1.807) is 18.2 Å². The molecule has 0 radical (unpaired) electrons. The molecule has 0 bridgehead atoms. The number of amides is 1. The van der Waals surface area contributed by atoms with E-state index in [1.165, 1.54) is 13.0 Å². The SMILES string of the molecule is CC(=O)c1ccc(N2CCN(CCC(=O)NCc3ccccc3Cl)CC2)c(F)c1. The lowest BCUT2D eigenvalue weighted by atomic mass is 10.1. The maximum atomic E-state index is 14.3. The van der Waals surface area contributed by atoms with Gasteiger partial charge in [0, 0.05) is 56.3 Å². The average Bonchev–Trinajstić information content (AvgIpc) is 2.72. The van der Waals surface area contributed by atoms with Crippen molar-refractivity contribution in [3.05, 3.63) is 64.4 Å². The number of carbonyl (C=O) groups excluding carboxylic acids is 2. The highest BCUT2D eigenvalue weighted by Gasteiger charge is 2.20. The molecule has 0 aliphatic carbocycles. The van der Waals surface area contributed by atoms with Crippen LogP contribution in [0.1, 0.15) is 29.3 Å². The summed E-state index contributed by atoms with van der Waals surface area (Å²) in [7, 11) is 0. The van der Waals surface area contributed by atoms with Crippen LogP contribution in [-0.4, -0.2) is 49.3 Å². The minimum absolute atomic E-state index is 0.0155. The van der Waals surface area contributed by atoms with E-state index in [0.29, 0.717) is 48.9 Å². The third-order valence-electron chi connectivity index (χ3n) is 5.16. The highest BCUT2D eigenvalue weighted by Crippen LogP contribution is 2.22. The van der Waals surface area contributed by atoms with Gasteiger partial charge in [0.25, 0.3) is 0 Å². The Morgan fingerprint density at radius 1 is 1.10 bits per heavy atom. The highest BCUT2D eigenvalue weighted by molar-refractivity contribution is 6.31. The summed E-state index contributed by atoms with van der Waals surface area (Å²) in [4.78, 5) is 27.7. The summed E-state index contributed by atoms with van der Waals surface area (Å²) in [6.07, 6.45) is 0.409. The molecule has 3 rings (SSSR count). The number of ketones is 1. The van der Waals surface area contributed by atoms with Crippen molar-refractivity contribution in [3.63, 3.8) is 0 Å². The van der Waals surface area contributed by atoms with Gasteiger partial charge in [0.1, 0.15) is 5.82 Å². The van der Waals surface area contributed by atoms with Crippen LogP contribution in [0.25, 0.3) is 0 Å². The van der Waals surface area contributed by atoms with E-state index in [9.17, 15) is 14.0 Å². The van der Waals surface area contributed by atoms with E-state index >= 15 is 0 Å². The average molecular weight is 418 g/mol. The number of hydrogen-bond acceptors (Lipinski definition) is 4. The smallest absolute Gasteiger partial charge is 0.221 e. The minimum Gasteiger partial charge on any atom is -0.367 e. The van der Waals surface area contributed by atoms with Gasteiger partial charge in [0.15, 0.2) is 5.78 Å². The highest BCUT2D eigenvalue weighted by atomic mass is 35.5. The van der Waals surface area contributed by atoms with Crippen LogP contribution in [0.3, 0.4) is 0 Å². The largest absolute Gasteiger partial charge is 0.367 e. The van der Waals surface area contributed by atoms with Crippen LogP contribution in [0, 0.1) is 5.82 Å². The lowest BCUT2D eigenvalue weighted by molar-refractivity contribution is -0.121. The van der Waals surface area contributed by atoms with Crippen molar-refractivity contribution in [2.45, 2.75) is 19.9 Å². The van der Waals surface area contributed by atoms with Crippen LogP contribution in [-0.2, 0) is 11.3 Å². The topological polar surface area (TPSA) is 52.7 Å². The summed E-state index contributed by atoms with van der Waals surface area (Å²) in [5.41, 5.74) is 1.80. The first-order valence-electron chi connectivity index (χ1n) is 9.72. The molecule has 29 heavy (non-hydrogen) atoms. The molecule has 1 fully saturated rings. The van der Waals surface area contributed by atoms with Crippen LogP contribution >= 0.6 is 11.6 Å². The van der Waals surface area contributed by atoms with Gasteiger partial charge in [-0.25, -0.2) is 4.39 Å². The quantitative estimate of drug-likeness (QED) is 0.700. The van der Waals surface area contributed by atoms with Gasteiger partial charge < -0.3 is 10.2 Å². The van der Waals surface area contributed by atoms with E-state index in [4.69, 9.17) is 11.6 Å². The second-order valence-electron chi connectivity index (χ2n) is 7.17. The van der Waals surface area contributed by atoms with Crippen LogP contribution in [0.4, 0.5) is 10.1 Å². The van der Waals surface area contributed by atoms with Crippen LogP contribution in [0.2, 0.25) is 5.02 Å². The molecule has 1 amide bonds. The molecule has 0 spiro atoms. The molecule has 0 unspecified atom stereocenters. The fraction of sp³-hybridized carbons (Fsp3) is 0.364. The Kier molecular flexibility index (Phi) is 7.23. The maximum absolute atomic E-state index is 14.3. The Hall–Kier alpha value is -2.44. The summed E-state index contributed by atoms with van der Waals surface area (Å²) in [5.74, 6) is -0.531. The predicted molar refractivity (Wildman–Crippen MR) is 113 cm³/mol. The lowest BCUT2D eigenvalue weighted by Gasteiger charge is -2.36. The third kappa shape index (κ3) is 5.78. The number of nitrogens with one attached hydrogen (secondary N) is 1. The second kappa shape index (κ2) is 9.85. The first kappa shape index (κ1) is 21.3. The lowest BCUT2D eigenvalue weighted by Crippen LogP contribution is -2.47. The van der Waals surface area contributed by atoms with Crippen molar-refractivity contribution >= 4 is 29.0 Å². The van der Waals surface area contributed by atoms with Crippen molar-refractivity contribution in [2.24, 2.45) is 0 Å². The number of anilines is 1. The number of rotatable bonds is 7. The van der Waals surface area contributed by atoms with Gasteiger partial charge in [0.2, 0.25) is 5.91 Å². The first-order valence-corrected chi connectivity index (χ1v) is 10.1. The molecule has 0 aromatic heterocycles. The van der Waals surface area contributed by atoms with Gasteiger partial charge in [-0.05, 0) is 36.8 Å². The van der Waals surface area contributed by atoms with Crippen LogP contribution < -0.4 is 10.2 Å². The Balaban J connectivity index is 1.42. The zero-order valence-corrected chi connectivity index (χ0v) is 17.2. The second-order valence-corrected chi connectivity index (χ2v) is 7.58. The Bertz CT molecular complexity index is 882. The molecule has 7 heteroatoms.